The average molecular weight is 501 g/mol. The molecule has 0 radical (unpaired) electrons. The number of nitrogens with zero attached hydrogens (tertiary/aromatic N) is 2. The number of aliphatic hydroxyl groups is 1. The predicted octanol–water partition coefficient (Wildman–Crippen LogP) is 5.24. The molecule has 2 aliphatic rings. The second-order valence-corrected chi connectivity index (χ2v) is 11.0. The van der Waals surface area contributed by atoms with Crippen molar-refractivity contribution in [2.45, 2.75) is 58.2 Å². The van der Waals surface area contributed by atoms with Crippen LogP contribution in [-0.2, 0) is 0 Å². The summed E-state index contributed by atoms with van der Waals surface area (Å²) in [6, 6.07) is 10.5. The Hall–Kier alpha value is -2.51. The van der Waals surface area contributed by atoms with Crippen molar-refractivity contribution in [3.63, 3.8) is 0 Å². The van der Waals surface area contributed by atoms with Crippen LogP contribution in [0.4, 0.5) is 8.78 Å². The Kier molecular flexibility index (Phi) is 8.30. The van der Waals surface area contributed by atoms with Gasteiger partial charge in [-0.25, -0.2) is 8.78 Å². The number of benzene rings is 2. The lowest BCUT2D eigenvalue weighted by Gasteiger charge is -2.34. The zero-order valence-electron chi connectivity index (χ0n) is 21.6. The molecule has 0 bridgehead atoms. The fourth-order valence-electron chi connectivity index (χ4n) is 5.22. The molecule has 196 valence electrons. The predicted molar refractivity (Wildman–Crippen MR) is 138 cm³/mol. The van der Waals surface area contributed by atoms with Crippen LogP contribution in [0.25, 0.3) is 11.1 Å². The number of β-amino-alcohol motifs (C(OH)–C–C–N with tert-alkyl or cyclic N) is 1. The van der Waals surface area contributed by atoms with Crippen molar-refractivity contribution >= 4 is 5.91 Å². The molecule has 0 unspecified atom stereocenters. The highest BCUT2D eigenvalue weighted by Crippen LogP contribution is 2.29. The van der Waals surface area contributed by atoms with Crippen LogP contribution in [0.15, 0.2) is 36.4 Å². The van der Waals surface area contributed by atoms with E-state index in [1.54, 1.807) is 19.9 Å². The highest BCUT2D eigenvalue weighted by Gasteiger charge is 2.26. The Labute approximate surface area is 213 Å². The quantitative estimate of drug-likeness (QED) is 0.565. The number of carbonyl (C=O) groups excluding carboxylic acids is 1. The van der Waals surface area contributed by atoms with E-state index < -0.39 is 17.6 Å². The van der Waals surface area contributed by atoms with Crippen LogP contribution in [0.5, 0.6) is 5.75 Å². The van der Waals surface area contributed by atoms with Gasteiger partial charge in [0.15, 0.2) is 0 Å². The molecule has 0 aromatic heterocycles. The summed E-state index contributed by atoms with van der Waals surface area (Å²) in [6.07, 6.45) is 2.83. The standard InChI is InChI=1S/C29H38F2N2O3/c1-20-15-22(7-9-27(20)36-18-21-10-13-32(14-11-21)19-29(2,3)31)23-6-8-25(26(30)16-23)28(35)33-12-4-5-24(34)17-33/h6-9,15-16,21,24,34H,4-5,10-14,17-19H2,1-3H3/t24-/m1/s1. The number of rotatable bonds is 7. The maximum absolute atomic E-state index is 14.9. The Morgan fingerprint density at radius 1 is 1.08 bits per heavy atom. The summed E-state index contributed by atoms with van der Waals surface area (Å²) in [7, 11) is 0. The van der Waals surface area contributed by atoms with Gasteiger partial charge in [0.05, 0.1) is 18.3 Å². The molecular weight excluding hydrogens is 462 g/mol. The SMILES string of the molecule is Cc1cc(-c2ccc(C(=O)N3CCC[C@@H](O)C3)c(F)c2)ccc1OCC1CCN(CC(C)(C)F)CC1. The van der Waals surface area contributed by atoms with E-state index in [4.69, 9.17) is 4.74 Å². The topological polar surface area (TPSA) is 53.0 Å². The van der Waals surface area contributed by atoms with Gasteiger partial charge < -0.3 is 19.6 Å². The first-order valence-electron chi connectivity index (χ1n) is 13.0. The van der Waals surface area contributed by atoms with Gasteiger partial charge in [-0.2, -0.15) is 0 Å². The molecule has 0 spiro atoms. The van der Waals surface area contributed by atoms with Crippen LogP contribution in [0.2, 0.25) is 0 Å². The van der Waals surface area contributed by atoms with Gasteiger partial charge in [-0.05, 0) is 106 Å². The molecule has 36 heavy (non-hydrogen) atoms. The minimum absolute atomic E-state index is 0.0330. The van der Waals surface area contributed by atoms with Crippen LogP contribution in [0.3, 0.4) is 0 Å². The fraction of sp³-hybridized carbons (Fsp3) is 0.552. The highest BCUT2D eigenvalue weighted by atomic mass is 19.1. The van der Waals surface area contributed by atoms with Crippen LogP contribution >= 0.6 is 0 Å². The van der Waals surface area contributed by atoms with E-state index >= 15 is 0 Å². The molecule has 2 heterocycles. The van der Waals surface area contributed by atoms with E-state index in [-0.39, 0.29) is 18.0 Å². The lowest BCUT2D eigenvalue weighted by molar-refractivity contribution is 0.0470. The van der Waals surface area contributed by atoms with Crippen LogP contribution in [0, 0.1) is 18.7 Å². The van der Waals surface area contributed by atoms with E-state index in [0.29, 0.717) is 37.6 Å². The summed E-state index contributed by atoms with van der Waals surface area (Å²) in [4.78, 5) is 16.4. The lowest BCUT2D eigenvalue weighted by atomic mass is 9.96. The van der Waals surface area contributed by atoms with Gasteiger partial charge in [-0.3, -0.25) is 4.79 Å². The first-order chi connectivity index (χ1) is 17.1. The Bertz CT molecular complexity index is 1060. The Morgan fingerprint density at radius 3 is 2.42 bits per heavy atom. The van der Waals surface area contributed by atoms with E-state index in [9.17, 15) is 18.7 Å². The summed E-state index contributed by atoms with van der Waals surface area (Å²) in [6.45, 7) is 8.88. The average Bonchev–Trinajstić information content (AvgIpc) is 2.83. The highest BCUT2D eigenvalue weighted by molar-refractivity contribution is 5.95. The number of halogens is 2. The maximum Gasteiger partial charge on any atom is 0.256 e. The number of ether oxygens (including phenoxy) is 1. The number of carbonyl (C=O) groups is 1. The van der Waals surface area contributed by atoms with E-state index in [1.807, 2.05) is 25.1 Å². The normalized spacial score (nSPS) is 19.9. The third-order valence-electron chi connectivity index (χ3n) is 7.17. The zero-order chi connectivity index (χ0) is 25.9. The van der Waals surface area contributed by atoms with Crippen LogP contribution < -0.4 is 4.74 Å². The molecule has 2 aromatic carbocycles. The largest absolute Gasteiger partial charge is 0.493 e. The summed E-state index contributed by atoms with van der Waals surface area (Å²) < 4.78 is 34.9. The first kappa shape index (κ1) is 26.6. The molecule has 1 N–H and O–H groups in total. The summed E-state index contributed by atoms with van der Waals surface area (Å²) >= 11 is 0. The summed E-state index contributed by atoms with van der Waals surface area (Å²) in [5.74, 6) is 0.320. The molecule has 2 aromatic rings. The van der Waals surface area contributed by atoms with Crippen molar-refractivity contribution in [1.29, 1.82) is 0 Å². The molecule has 2 aliphatic heterocycles. The van der Waals surface area contributed by atoms with Crippen LogP contribution in [0.1, 0.15) is 55.5 Å². The van der Waals surface area contributed by atoms with Gasteiger partial charge in [0, 0.05) is 19.6 Å². The number of aryl methyl sites for hydroxylation is 1. The molecule has 1 atom stereocenters. The summed E-state index contributed by atoms with van der Waals surface area (Å²) in [5, 5.41) is 9.83. The molecule has 5 nitrogen and oxygen atoms in total. The van der Waals surface area contributed by atoms with Crippen molar-refractivity contribution in [2.75, 3.05) is 39.3 Å². The zero-order valence-corrected chi connectivity index (χ0v) is 21.6. The van der Waals surface area contributed by atoms with Gasteiger partial charge in [0.25, 0.3) is 5.91 Å². The van der Waals surface area contributed by atoms with Crippen molar-refractivity contribution in [3.8, 4) is 16.9 Å². The molecule has 2 saturated heterocycles. The number of likely N-dealkylation sites (tertiary alicyclic amines) is 2. The number of hydrogen-bond donors (Lipinski definition) is 1. The molecule has 1 amide bonds. The van der Waals surface area contributed by atoms with Gasteiger partial charge in [0.2, 0.25) is 0 Å². The monoisotopic (exact) mass is 500 g/mol. The molecule has 0 saturated carbocycles. The van der Waals surface area contributed by atoms with Crippen molar-refractivity contribution < 1.29 is 23.4 Å². The molecular formula is C29H38F2N2O3. The lowest BCUT2D eigenvalue weighted by Crippen LogP contribution is -2.42. The van der Waals surface area contributed by atoms with E-state index in [0.717, 1.165) is 49.2 Å². The smallest absolute Gasteiger partial charge is 0.256 e. The Morgan fingerprint density at radius 2 is 1.78 bits per heavy atom. The number of piperidine rings is 2. The van der Waals surface area contributed by atoms with Crippen molar-refractivity contribution in [1.82, 2.24) is 9.80 Å². The number of amides is 1. The van der Waals surface area contributed by atoms with E-state index in [2.05, 4.69) is 4.90 Å². The second kappa shape index (κ2) is 11.3. The maximum atomic E-state index is 14.9. The van der Waals surface area contributed by atoms with Gasteiger partial charge in [-0.1, -0.05) is 12.1 Å². The first-order valence-corrected chi connectivity index (χ1v) is 13.0. The van der Waals surface area contributed by atoms with Gasteiger partial charge in [-0.15, -0.1) is 0 Å². The van der Waals surface area contributed by atoms with Gasteiger partial charge in [0.1, 0.15) is 17.2 Å². The van der Waals surface area contributed by atoms with Crippen LogP contribution in [-0.4, -0.2) is 71.9 Å². The van der Waals surface area contributed by atoms with Gasteiger partial charge >= 0.3 is 0 Å². The van der Waals surface area contributed by atoms with E-state index in [1.165, 1.54) is 17.0 Å². The molecule has 4 rings (SSSR count). The third-order valence-corrected chi connectivity index (χ3v) is 7.17. The second-order valence-electron chi connectivity index (χ2n) is 11.0. The Balaban J connectivity index is 1.34. The molecule has 0 aliphatic carbocycles. The minimum Gasteiger partial charge on any atom is -0.493 e. The summed E-state index contributed by atoms with van der Waals surface area (Å²) in [5.41, 5.74) is 1.38. The van der Waals surface area contributed by atoms with Crippen molar-refractivity contribution in [3.05, 3.63) is 53.3 Å². The minimum atomic E-state index is -1.17. The number of aliphatic hydroxyl groups excluding tert-OH is 1. The fourth-order valence-corrected chi connectivity index (χ4v) is 5.22. The van der Waals surface area contributed by atoms with Crippen molar-refractivity contribution in [2.24, 2.45) is 5.92 Å². The molecule has 7 heteroatoms. The third kappa shape index (κ3) is 6.83. The number of alkyl halides is 1. The molecule has 2 fully saturated rings. The number of hydrogen-bond acceptors (Lipinski definition) is 4.